The molecule has 3 saturated heterocycles. The number of aromatic nitrogens is 2. The monoisotopic (exact) mass is 487 g/mol. The van der Waals surface area contributed by atoms with E-state index in [2.05, 4.69) is 35.6 Å². The lowest BCUT2D eigenvalue weighted by molar-refractivity contribution is -0.159. The zero-order chi connectivity index (χ0) is 23.3. The van der Waals surface area contributed by atoms with E-state index in [9.17, 15) is 8.42 Å². The number of likely N-dealkylation sites (tertiary alicyclic amines) is 1. The maximum Gasteiger partial charge on any atom is 0.172 e. The second-order valence-corrected chi connectivity index (χ2v) is 14.3. The summed E-state index contributed by atoms with van der Waals surface area (Å²) in [5.74, 6) is 2.62. The van der Waals surface area contributed by atoms with Crippen molar-refractivity contribution in [3.8, 4) is 0 Å². The highest BCUT2D eigenvalue weighted by Gasteiger charge is 2.61. The van der Waals surface area contributed by atoms with Crippen LogP contribution in [-0.4, -0.2) is 72.7 Å². The van der Waals surface area contributed by atoms with E-state index in [4.69, 9.17) is 14.6 Å². The molecule has 7 rings (SSSR count). The van der Waals surface area contributed by atoms with Crippen molar-refractivity contribution in [2.24, 2.45) is 17.3 Å². The van der Waals surface area contributed by atoms with Crippen LogP contribution in [0.4, 0.5) is 0 Å². The van der Waals surface area contributed by atoms with Gasteiger partial charge in [0.15, 0.2) is 15.6 Å². The molecule has 0 N–H and O–H groups in total. The van der Waals surface area contributed by atoms with Gasteiger partial charge in [-0.2, -0.15) is 5.10 Å². The molecule has 2 saturated carbocycles. The van der Waals surface area contributed by atoms with Gasteiger partial charge < -0.3 is 9.47 Å². The van der Waals surface area contributed by atoms with E-state index in [1.807, 2.05) is 0 Å². The molecule has 2 spiro atoms. The van der Waals surface area contributed by atoms with Crippen molar-refractivity contribution < 1.29 is 17.9 Å². The minimum Gasteiger partial charge on any atom is -0.347 e. The van der Waals surface area contributed by atoms with Crippen LogP contribution in [0.15, 0.2) is 12.1 Å². The summed E-state index contributed by atoms with van der Waals surface area (Å²) in [6, 6.07) is 3.38. The van der Waals surface area contributed by atoms with Gasteiger partial charge in [0.25, 0.3) is 0 Å². The third-order valence-electron chi connectivity index (χ3n) is 9.63. The van der Waals surface area contributed by atoms with Gasteiger partial charge in [-0.1, -0.05) is 6.08 Å². The summed E-state index contributed by atoms with van der Waals surface area (Å²) in [7, 11) is -2.75. The number of nitrogens with zero attached hydrogens (tertiary/aromatic N) is 3. The first-order chi connectivity index (χ1) is 16.3. The molecule has 8 heteroatoms. The molecule has 34 heavy (non-hydrogen) atoms. The lowest BCUT2D eigenvalue weighted by Crippen LogP contribution is -2.50. The standard InChI is InChI=1S/C26H37N3O4S/c1-17(2)29-23(13-22(27-29)18-3-5-26(6-4-18)32-9-10-33-26)24-20-11-19(12-21(20)24)28-8-7-25(14-28)15-34(30,31)16-25/h3,13,17,19-21,24H,4-12,14-16H2,1-2H3/t19?,20-,21+,24?. The highest BCUT2D eigenvalue weighted by atomic mass is 32.2. The Kier molecular flexibility index (Phi) is 4.79. The number of ether oxygens (including phenoxy) is 2. The Bertz CT molecular complexity index is 1110. The lowest BCUT2D eigenvalue weighted by atomic mass is 9.91. The SMILES string of the molecule is CC(C)n1nc(C2=CCC3(CC2)OCCO3)cc1C1[C@H]2CC(N3CCC4(C3)CS(=O)(=O)C4)C[C@@H]12. The number of rotatable bonds is 4. The second kappa shape index (κ2) is 7.40. The number of fused-ring (bicyclic) bond motifs is 1. The first-order valence-electron chi connectivity index (χ1n) is 13.3. The van der Waals surface area contributed by atoms with Crippen molar-refractivity contribution in [3.05, 3.63) is 23.5 Å². The molecule has 1 aromatic heterocycles. The molecule has 186 valence electrons. The first kappa shape index (κ1) is 22.0. The molecule has 0 radical (unpaired) electrons. The second-order valence-electron chi connectivity index (χ2n) is 12.3. The summed E-state index contributed by atoms with van der Waals surface area (Å²) < 4.78 is 37.6. The Morgan fingerprint density at radius 1 is 1.12 bits per heavy atom. The molecule has 7 nitrogen and oxygen atoms in total. The van der Waals surface area contributed by atoms with Crippen LogP contribution in [0.2, 0.25) is 0 Å². The van der Waals surface area contributed by atoms with Gasteiger partial charge in [0, 0.05) is 48.5 Å². The third-order valence-corrected chi connectivity index (χ3v) is 11.7. The smallest absolute Gasteiger partial charge is 0.172 e. The van der Waals surface area contributed by atoms with Crippen LogP contribution in [-0.2, 0) is 19.3 Å². The van der Waals surface area contributed by atoms with Crippen molar-refractivity contribution in [2.45, 2.75) is 76.2 Å². The van der Waals surface area contributed by atoms with Crippen molar-refractivity contribution in [1.82, 2.24) is 14.7 Å². The molecule has 3 aliphatic heterocycles. The van der Waals surface area contributed by atoms with Gasteiger partial charge in [-0.05, 0) is 69.6 Å². The number of hydrogen-bond acceptors (Lipinski definition) is 6. The van der Waals surface area contributed by atoms with Crippen molar-refractivity contribution in [1.29, 1.82) is 0 Å². The van der Waals surface area contributed by atoms with Gasteiger partial charge in [0.05, 0.1) is 30.4 Å². The van der Waals surface area contributed by atoms with Crippen LogP contribution in [0.1, 0.15) is 75.7 Å². The van der Waals surface area contributed by atoms with E-state index in [0.717, 1.165) is 56.3 Å². The molecule has 1 aromatic rings. The predicted molar refractivity (Wildman–Crippen MR) is 129 cm³/mol. The number of hydrogen-bond donors (Lipinski definition) is 0. The molecule has 4 atom stereocenters. The van der Waals surface area contributed by atoms with Gasteiger partial charge in [-0.15, -0.1) is 0 Å². The van der Waals surface area contributed by atoms with E-state index in [0.29, 0.717) is 42.7 Å². The average Bonchev–Trinajstić information content (AvgIpc) is 3.35. The molecule has 3 aliphatic carbocycles. The third kappa shape index (κ3) is 3.46. The Morgan fingerprint density at radius 2 is 1.85 bits per heavy atom. The zero-order valence-corrected chi connectivity index (χ0v) is 21.2. The first-order valence-corrected chi connectivity index (χ1v) is 15.1. The summed E-state index contributed by atoms with van der Waals surface area (Å²) >= 11 is 0. The quantitative estimate of drug-likeness (QED) is 0.648. The minimum atomic E-state index is -2.75. The van der Waals surface area contributed by atoms with Crippen LogP contribution >= 0.6 is 0 Å². The molecule has 4 heterocycles. The highest BCUT2D eigenvalue weighted by molar-refractivity contribution is 7.92. The minimum absolute atomic E-state index is 0.0804. The van der Waals surface area contributed by atoms with Crippen LogP contribution in [0, 0.1) is 17.3 Å². The van der Waals surface area contributed by atoms with E-state index in [1.54, 1.807) is 0 Å². The molecule has 5 fully saturated rings. The summed E-state index contributed by atoms with van der Waals surface area (Å²) in [6.07, 6.45) is 8.57. The fourth-order valence-corrected chi connectivity index (χ4v) is 10.2. The van der Waals surface area contributed by atoms with Crippen molar-refractivity contribution >= 4 is 15.4 Å². The fourth-order valence-electron chi connectivity index (χ4n) is 7.99. The van der Waals surface area contributed by atoms with Crippen LogP contribution in [0.25, 0.3) is 5.57 Å². The fraction of sp³-hybridized carbons (Fsp3) is 0.808. The number of allylic oxidation sites excluding steroid dienone is 1. The van der Waals surface area contributed by atoms with E-state index in [-0.39, 0.29) is 11.2 Å². The Morgan fingerprint density at radius 3 is 2.47 bits per heavy atom. The van der Waals surface area contributed by atoms with Gasteiger partial charge in [-0.3, -0.25) is 9.58 Å². The maximum atomic E-state index is 11.8. The normalized spacial score (nSPS) is 37.3. The Balaban J connectivity index is 1.03. The summed E-state index contributed by atoms with van der Waals surface area (Å²) in [6.45, 7) is 7.97. The Hall–Kier alpha value is -1.22. The van der Waals surface area contributed by atoms with Gasteiger partial charge in [0.1, 0.15) is 0 Å². The zero-order valence-electron chi connectivity index (χ0n) is 20.4. The van der Waals surface area contributed by atoms with E-state index < -0.39 is 9.84 Å². The maximum absolute atomic E-state index is 11.8. The van der Waals surface area contributed by atoms with Crippen molar-refractivity contribution in [2.75, 3.05) is 37.8 Å². The molecule has 0 bridgehead atoms. The summed E-state index contributed by atoms with van der Waals surface area (Å²) in [5, 5.41) is 5.08. The predicted octanol–water partition coefficient (Wildman–Crippen LogP) is 3.39. The summed E-state index contributed by atoms with van der Waals surface area (Å²) in [4.78, 5) is 2.62. The number of sulfone groups is 1. The topological polar surface area (TPSA) is 73.7 Å². The molecular formula is C26H37N3O4S. The largest absolute Gasteiger partial charge is 0.347 e. The molecule has 6 aliphatic rings. The molecule has 0 aromatic carbocycles. The highest BCUT2D eigenvalue weighted by Crippen LogP contribution is 2.64. The Labute approximate surface area is 202 Å². The van der Waals surface area contributed by atoms with Gasteiger partial charge in [0.2, 0.25) is 0 Å². The van der Waals surface area contributed by atoms with E-state index in [1.165, 1.54) is 24.1 Å². The molecule has 0 amide bonds. The van der Waals surface area contributed by atoms with Gasteiger partial charge in [-0.25, -0.2) is 8.42 Å². The van der Waals surface area contributed by atoms with Gasteiger partial charge >= 0.3 is 0 Å². The molecular weight excluding hydrogens is 450 g/mol. The van der Waals surface area contributed by atoms with Crippen LogP contribution < -0.4 is 0 Å². The lowest BCUT2D eigenvalue weighted by Gasteiger charge is -2.38. The van der Waals surface area contributed by atoms with Crippen LogP contribution in [0.3, 0.4) is 0 Å². The summed E-state index contributed by atoms with van der Waals surface area (Å²) in [5.41, 5.74) is 3.99. The van der Waals surface area contributed by atoms with E-state index >= 15 is 0 Å². The molecule has 2 unspecified atom stereocenters. The van der Waals surface area contributed by atoms with Crippen molar-refractivity contribution in [3.63, 3.8) is 0 Å². The average molecular weight is 488 g/mol. The van der Waals surface area contributed by atoms with Crippen LogP contribution in [0.5, 0.6) is 0 Å².